The highest BCUT2D eigenvalue weighted by atomic mass is 35.6. The molecule has 3 aromatic rings. The van der Waals surface area contributed by atoms with Gasteiger partial charge in [-0.2, -0.15) is 0 Å². The first-order valence-electron chi connectivity index (χ1n) is 14.9. The standard InChI is InChI=1S/C35H42Cl3NO4Si/c1-33(2,3)44(4,5)42-24-23-29-21-22-30(39-32(40)35(36,37)38)31(43-29)25-41-34(26-15-9-6-10-16-26,27-17-11-7-12-18-27)28-19-13-8-14-20-28/h6-22,29-31H,23-25H2,1-5H3,(H,39,40)/t29-,30-,31+/m0/s1. The zero-order valence-corrected chi connectivity index (χ0v) is 29.2. The van der Waals surface area contributed by atoms with Gasteiger partial charge in [-0.3, -0.25) is 4.79 Å². The number of benzene rings is 3. The molecule has 1 heterocycles. The number of hydrogen-bond donors (Lipinski definition) is 1. The molecule has 0 bridgehead atoms. The summed E-state index contributed by atoms with van der Waals surface area (Å²) < 4.78 is 18.0. The van der Waals surface area contributed by atoms with Gasteiger partial charge >= 0.3 is 0 Å². The molecule has 1 aliphatic heterocycles. The number of halogens is 3. The van der Waals surface area contributed by atoms with Gasteiger partial charge in [0.1, 0.15) is 11.7 Å². The Morgan fingerprint density at radius 3 is 1.73 bits per heavy atom. The van der Waals surface area contributed by atoms with Gasteiger partial charge in [0.15, 0.2) is 8.32 Å². The second-order valence-electron chi connectivity index (χ2n) is 12.6. The molecule has 1 aliphatic rings. The number of carbonyl (C=O) groups excluding carboxylic acids is 1. The zero-order valence-electron chi connectivity index (χ0n) is 25.9. The molecule has 0 saturated carbocycles. The second kappa shape index (κ2) is 14.5. The van der Waals surface area contributed by atoms with Crippen LogP contribution in [0.4, 0.5) is 0 Å². The molecule has 0 saturated heterocycles. The zero-order chi connectivity index (χ0) is 32.0. The number of hydrogen-bond acceptors (Lipinski definition) is 4. The first kappa shape index (κ1) is 34.7. The summed E-state index contributed by atoms with van der Waals surface area (Å²) in [6.45, 7) is 11.8. The van der Waals surface area contributed by atoms with Crippen molar-refractivity contribution in [2.24, 2.45) is 0 Å². The van der Waals surface area contributed by atoms with Gasteiger partial charge in [-0.1, -0.05) is 159 Å². The minimum absolute atomic E-state index is 0.106. The summed E-state index contributed by atoms with van der Waals surface area (Å²) >= 11 is 17.8. The molecule has 9 heteroatoms. The molecule has 44 heavy (non-hydrogen) atoms. The number of amides is 1. The maximum Gasteiger partial charge on any atom is 0.272 e. The maximum absolute atomic E-state index is 12.7. The van der Waals surface area contributed by atoms with Gasteiger partial charge in [-0.25, -0.2) is 0 Å². The van der Waals surface area contributed by atoms with Crippen molar-refractivity contribution in [3.05, 3.63) is 120 Å². The lowest BCUT2D eigenvalue weighted by Gasteiger charge is -2.40. The highest BCUT2D eigenvalue weighted by Crippen LogP contribution is 2.41. The van der Waals surface area contributed by atoms with E-state index in [2.05, 4.69) is 75.6 Å². The van der Waals surface area contributed by atoms with E-state index in [-0.39, 0.29) is 17.7 Å². The van der Waals surface area contributed by atoms with Crippen molar-refractivity contribution in [1.82, 2.24) is 5.32 Å². The van der Waals surface area contributed by atoms with Gasteiger partial charge in [0.25, 0.3) is 9.70 Å². The van der Waals surface area contributed by atoms with Crippen molar-refractivity contribution >= 4 is 49.0 Å². The number of alkyl halides is 3. The van der Waals surface area contributed by atoms with Gasteiger partial charge in [0, 0.05) is 6.61 Å². The topological polar surface area (TPSA) is 56.8 Å². The molecule has 4 rings (SSSR count). The Morgan fingerprint density at radius 2 is 1.30 bits per heavy atom. The molecule has 0 aliphatic carbocycles. The monoisotopic (exact) mass is 673 g/mol. The Hall–Kier alpha value is -2.16. The number of ether oxygens (including phenoxy) is 2. The van der Waals surface area contributed by atoms with Gasteiger partial charge in [-0.15, -0.1) is 0 Å². The van der Waals surface area contributed by atoms with Crippen molar-refractivity contribution < 1.29 is 18.7 Å². The predicted octanol–water partition coefficient (Wildman–Crippen LogP) is 8.59. The molecule has 3 atom stereocenters. The number of rotatable bonds is 11. The summed E-state index contributed by atoms with van der Waals surface area (Å²) in [5.41, 5.74) is 1.93. The average Bonchev–Trinajstić information content (AvgIpc) is 2.99. The van der Waals surface area contributed by atoms with Crippen molar-refractivity contribution in [2.75, 3.05) is 13.2 Å². The highest BCUT2D eigenvalue weighted by molar-refractivity contribution is 6.76. The van der Waals surface area contributed by atoms with Crippen LogP contribution in [0.25, 0.3) is 0 Å². The van der Waals surface area contributed by atoms with Crippen LogP contribution < -0.4 is 5.32 Å². The Morgan fingerprint density at radius 1 is 0.818 bits per heavy atom. The third-order valence-electron chi connectivity index (χ3n) is 8.51. The highest BCUT2D eigenvalue weighted by Gasteiger charge is 2.42. The van der Waals surface area contributed by atoms with E-state index in [0.29, 0.717) is 13.0 Å². The largest absolute Gasteiger partial charge is 0.417 e. The van der Waals surface area contributed by atoms with Crippen LogP contribution in [0.1, 0.15) is 43.9 Å². The fourth-order valence-corrected chi connectivity index (χ4v) is 6.25. The summed E-state index contributed by atoms with van der Waals surface area (Å²) in [5, 5.41) is 2.94. The SMILES string of the molecule is CC(C)(C)[Si](C)(C)OCC[C@@H]1C=C[C@H](NC(=O)C(Cl)(Cl)Cl)[C@@H](COC(c2ccccc2)(c2ccccc2)c2ccccc2)O1. The molecule has 0 fully saturated rings. The van der Waals surface area contributed by atoms with Crippen LogP contribution in [-0.4, -0.2) is 49.5 Å². The van der Waals surface area contributed by atoms with Crippen LogP contribution in [-0.2, 0) is 24.3 Å². The van der Waals surface area contributed by atoms with Crippen LogP contribution >= 0.6 is 34.8 Å². The average molecular weight is 675 g/mol. The van der Waals surface area contributed by atoms with Crippen molar-refractivity contribution in [3.8, 4) is 0 Å². The van der Waals surface area contributed by atoms with E-state index in [9.17, 15) is 4.79 Å². The minimum Gasteiger partial charge on any atom is -0.417 e. The van der Waals surface area contributed by atoms with E-state index < -0.39 is 35.8 Å². The molecule has 0 aromatic heterocycles. The van der Waals surface area contributed by atoms with Crippen LogP contribution in [0.3, 0.4) is 0 Å². The van der Waals surface area contributed by atoms with Crippen molar-refractivity contribution in [3.63, 3.8) is 0 Å². The summed E-state index contributed by atoms with van der Waals surface area (Å²) in [5.74, 6) is -0.731. The maximum atomic E-state index is 12.7. The quantitative estimate of drug-likeness (QED) is 0.0958. The third-order valence-corrected chi connectivity index (χ3v) is 13.6. The molecule has 0 unspecified atom stereocenters. The molecule has 0 spiro atoms. The molecular formula is C35H42Cl3NO4Si. The van der Waals surface area contributed by atoms with Crippen LogP contribution in [0.5, 0.6) is 0 Å². The van der Waals surface area contributed by atoms with Gasteiger partial charge in [-0.05, 0) is 41.2 Å². The molecular weight excluding hydrogens is 633 g/mol. The van der Waals surface area contributed by atoms with E-state index in [1.54, 1.807) is 0 Å². The molecule has 1 amide bonds. The lowest BCUT2D eigenvalue weighted by Crippen LogP contribution is -2.52. The second-order valence-corrected chi connectivity index (χ2v) is 19.7. The third kappa shape index (κ3) is 8.35. The fourth-order valence-electron chi connectivity index (χ4n) is 5.03. The van der Waals surface area contributed by atoms with E-state index in [1.165, 1.54) is 0 Å². The summed E-state index contributed by atoms with van der Waals surface area (Å²) in [6.07, 6.45) is 3.68. The molecule has 0 radical (unpaired) electrons. The molecule has 236 valence electrons. The smallest absolute Gasteiger partial charge is 0.272 e. The van der Waals surface area contributed by atoms with Crippen LogP contribution in [0.15, 0.2) is 103 Å². The fraction of sp³-hybridized carbons (Fsp3) is 0.400. The van der Waals surface area contributed by atoms with E-state index in [4.69, 9.17) is 48.7 Å². The Kier molecular flexibility index (Phi) is 11.4. The first-order valence-corrected chi connectivity index (χ1v) is 18.9. The van der Waals surface area contributed by atoms with Crippen LogP contribution in [0.2, 0.25) is 18.1 Å². The van der Waals surface area contributed by atoms with E-state index in [1.807, 2.05) is 66.7 Å². The van der Waals surface area contributed by atoms with Crippen LogP contribution in [0, 0.1) is 0 Å². The first-order chi connectivity index (χ1) is 20.7. The van der Waals surface area contributed by atoms with Gasteiger partial charge < -0.3 is 19.2 Å². The molecule has 5 nitrogen and oxygen atoms in total. The lowest BCUT2D eigenvalue weighted by atomic mass is 9.80. The van der Waals surface area contributed by atoms with E-state index >= 15 is 0 Å². The van der Waals surface area contributed by atoms with Gasteiger partial charge in [0.2, 0.25) is 0 Å². The van der Waals surface area contributed by atoms with Crippen molar-refractivity contribution in [1.29, 1.82) is 0 Å². The molecule has 3 aromatic carbocycles. The normalized spacial score (nSPS) is 19.5. The predicted molar refractivity (Wildman–Crippen MR) is 183 cm³/mol. The summed E-state index contributed by atoms with van der Waals surface area (Å²) in [6, 6.07) is 29.7. The molecule has 1 N–H and O–H groups in total. The Bertz CT molecular complexity index is 1280. The minimum atomic E-state index is -2.12. The number of carbonyl (C=O) groups is 1. The lowest BCUT2D eigenvalue weighted by molar-refractivity contribution is -0.125. The van der Waals surface area contributed by atoms with Crippen molar-refractivity contribution in [2.45, 2.75) is 73.0 Å². The summed E-state index contributed by atoms with van der Waals surface area (Å²) in [7, 11) is -1.92. The summed E-state index contributed by atoms with van der Waals surface area (Å²) in [4.78, 5) is 12.7. The van der Waals surface area contributed by atoms with Gasteiger partial charge in [0.05, 0.1) is 18.8 Å². The van der Waals surface area contributed by atoms with E-state index in [0.717, 1.165) is 16.7 Å². The Balaban J connectivity index is 1.66. The number of nitrogens with one attached hydrogen (secondary N) is 1. The Labute approximate surface area is 278 Å².